The first-order chi connectivity index (χ1) is 12.2. The van der Waals surface area contributed by atoms with Crippen molar-refractivity contribution in [1.29, 1.82) is 0 Å². The Morgan fingerprint density at radius 3 is 2.54 bits per heavy atom. The van der Waals surface area contributed by atoms with E-state index in [4.69, 9.17) is 0 Å². The summed E-state index contributed by atoms with van der Waals surface area (Å²) in [6.45, 7) is 1.12. The van der Waals surface area contributed by atoms with Gasteiger partial charge in [0.05, 0.1) is 5.75 Å². The van der Waals surface area contributed by atoms with Crippen LogP contribution in [0.3, 0.4) is 0 Å². The zero-order valence-corrected chi connectivity index (χ0v) is 14.6. The second kappa shape index (κ2) is 6.99. The third-order valence-corrected chi connectivity index (χ3v) is 6.42. The largest absolute Gasteiger partial charge is 0.435 e. The van der Waals surface area contributed by atoms with E-state index >= 15 is 0 Å². The predicted molar refractivity (Wildman–Crippen MR) is 85.8 cm³/mol. The van der Waals surface area contributed by atoms with Gasteiger partial charge in [-0.05, 0) is 31.4 Å². The quantitative estimate of drug-likeness (QED) is 0.822. The number of nitrogens with one attached hydrogen (secondary N) is 1. The number of anilines is 1. The average Bonchev–Trinajstić information content (AvgIpc) is 2.94. The van der Waals surface area contributed by atoms with Gasteiger partial charge in [0.25, 0.3) is 0 Å². The molecule has 3 rings (SSSR count). The normalized spacial score (nSPS) is 23.8. The highest BCUT2D eigenvalue weighted by atomic mass is 32.2. The highest BCUT2D eigenvalue weighted by molar-refractivity contribution is 7.89. The molecule has 1 N–H and O–H groups in total. The van der Waals surface area contributed by atoms with Crippen LogP contribution in [0.5, 0.6) is 0 Å². The van der Waals surface area contributed by atoms with Crippen LogP contribution in [-0.2, 0) is 16.2 Å². The third kappa shape index (κ3) is 4.06. The molecule has 2 amide bonds. The molecular weight excluding hydrogens is 375 g/mol. The van der Waals surface area contributed by atoms with E-state index in [0.717, 1.165) is 12.1 Å². The lowest BCUT2D eigenvalue weighted by molar-refractivity contribution is -0.141. The number of rotatable bonds is 2. The summed E-state index contributed by atoms with van der Waals surface area (Å²) in [7, 11) is -3.27. The van der Waals surface area contributed by atoms with Crippen molar-refractivity contribution in [3.8, 4) is 0 Å². The lowest BCUT2D eigenvalue weighted by Gasteiger charge is -2.36. The van der Waals surface area contributed by atoms with Crippen molar-refractivity contribution in [2.45, 2.75) is 31.5 Å². The molecule has 8 nitrogen and oxygen atoms in total. The number of carbonyl (C=O) groups excluding carboxylic acids is 1. The van der Waals surface area contributed by atoms with Gasteiger partial charge in [0.2, 0.25) is 10.0 Å². The molecular formula is C14H18F3N5O3S. The number of piperidine rings is 1. The fourth-order valence-electron chi connectivity index (χ4n) is 3.18. The molecule has 2 saturated heterocycles. The third-order valence-electron chi connectivity index (χ3n) is 4.42. The highest BCUT2D eigenvalue weighted by Gasteiger charge is 2.37. The van der Waals surface area contributed by atoms with Crippen molar-refractivity contribution in [2.24, 2.45) is 0 Å². The molecule has 2 aliphatic heterocycles. The van der Waals surface area contributed by atoms with Crippen LogP contribution in [0.2, 0.25) is 0 Å². The van der Waals surface area contributed by atoms with E-state index in [1.165, 1.54) is 9.21 Å². The van der Waals surface area contributed by atoms with Gasteiger partial charge in [0.1, 0.15) is 0 Å². The van der Waals surface area contributed by atoms with Crippen LogP contribution in [0.4, 0.5) is 23.8 Å². The fourth-order valence-corrected chi connectivity index (χ4v) is 4.94. The maximum absolute atomic E-state index is 12.5. The molecule has 26 heavy (non-hydrogen) atoms. The molecule has 1 aromatic rings. The molecule has 3 heterocycles. The Bertz CT molecular complexity index is 769. The van der Waals surface area contributed by atoms with Crippen molar-refractivity contribution in [1.82, 2.24) is 19.4 Å². The van der Waals surface area contributed by atoms with E-state index < -0.39 is 27.9 Å². The van der Waals surface area contributed by atoms with Gasteiger partial charge < -0.3 is 4.90 Å². The Kier molecular flexibility index (Phi) is 5.06. The van der Waals surface area contributed by atoms with Gasteiger partial charge in [0.15, 0.2) is 11.5 Å². The zero-order chi connectivity index (χ0) is 18.9. The van der Waals surface area contributed by atoms with Crippen LogP contribution in [0, 0.1) is 0 Å². The number of urea groups is 1. The number of amides is 2. The number of aromatic nitrogens is 2. The second-order valence-electron chi connectivity index (χ2n) is 6.25. The summed E-state index contributed by atoms with van der Waals surface area (Å²) in [5.41, 5.74) is -1.15. The molecule has 1 atom stereocenters. The SMILES string of the molecule is O=C(Nc1ccc(C(F)(F)F)nn1)N1CCC[C@H](N2CCCS2(=O)=O)C1. The van der Waals surface area contributed by atoms with E-state index in [1.54, 1.807) is 0 Å². The summed E-state index contributed by atoms with van der Waals surface area (Å²) in [5.74, 6) is 0.0236. The van der Waals surface area contributed by atoms with Crippen LogP contribution >= 0.6 is 0 Å². The fraction of sp³-hybridized carbons (Fsp3) is 0.643. The number of carbonyl (C=O) groups is 1. The zero-order valence-electron chi connectivity index (χ0n) is 13.7. The summed E-state index contributed by atoms with van der Waals surface area (Å²) in [4.78, 5) is 13.8. The van der Waals surface area contributed by atoms with Gasteiger partial charge in [-0.25, -0.2) is 13.2 Å². The molecule has 0 bridgehead atoms. The van der Waals surface area contributed by atoms with Crippen LogP contribution in [0.1, 0.15) is 25.0 Å². The number of hydrogen-bond donors (Lipinski definition) is 1. The first-order valence-corrected chi connectivity index (χ1v) is 9.74. The predicted octanol–water partition coefficient (Wildman–Crippen LogP) is 1.53. The van der Waals surface area contributed by atoms with Gasteiger partial charge >= 0.3 is 12.2 Å². The standard InChI is InChI=1S/C14H18F3N5O3S/c15-14(16,17)11-4-5-12(20-19-11)18-13(23)21-6-1-3-10(9-21)22-7-2-8-26(22,24)25/h4-5,10H,1-3,6-9H2,(H,18,20,23)/t10-/m0/s1. The lowest BCUT2D eigenvalue weighted by atomic mass is 10.1. The van der Waals surface area contributed by atoms with Crippen LogP contribution in [0.15, 0.2) is 12.1 Å². The van der Waals surface area contributed by atoms with Gasteiger partial charge in [-0.3, -0.25) is 5.32 Å². The van der Waals surface area contributed by atoms with Crippen LogP contribution < -0.4 is 5.32 Å². The first-order valence-electron chi connectivity index (χ1n) is 8.13. The van der Waals surface area contributed by atoms with E-state index in [2.05, 4.69) is 15.5 Å². The molecule has 0 aliphatic carbocycles. The molecule has 0 saturated carbocycles. The highest BCUT2D eigenvalue weighted by Crippen LogP contribution is 2.27. The van der Waals surface area contributed by atoms with Crippen molar-refractivity contribution >= 4 is 21.9 Å². The summed E-state index contributed by atoms with van der Waals surface area (Å²) >= 11 is 0. The van der Waals surface area contributed by atoms with Crippen LogP contribution in [0.25, 0.3) is 0 Å². The van der Waals surface area contributed by atoms with Crippen molar-refractivity contribution in [2.75, 3.05) is 30.7 Å². The Balaban J connectivity index is 1.63. The van der Waals surface area contributed by atoms with E-state index in [9.17, 15) is 26.4 Å². The maximum atomic E-state index is 12.5. The Labute approximate surface area is 148 Å². The Morgan fingerprint density at radius 2 is 1.96 bits per heavy atom. The number of halogens is 3. The number of likely N-dealkylation sites (tertiary alicyclic amines) is 1. The van der Waals surface area contributed by atoms with Crippen molar-refractivity contribution in [3.05, 3.63) is 17.8 Å². The number of alkyl halides is 3. The smallest absolute Gasteiger partial charge is 0.323 e. The first kappa shape index (κ1) is 18.8. The Hall–Kier alpha value is -1.95. The van der Waals surface area contributed by atoms with Gasteiger partial charge in [-0.2, -0.15) is 17.5 Å². The van der Waals surface area contributed by atoms with E-state index in [-0.39, 0.29) is 24.2 Å². The molecule has 0 aromatic carbocycles. The maximum Gasteiger partial charge on any atom is 0.435 e. The average molecular weight is 393 g/mol. The summed E-state index contributed by atoms with van der Waals surface area (Å²) < 4.78 is 62.9. The molecule has 12 heteroatoms. The van der Waals surface area contributed by atoms with E-state index in [0.29, 0.717) is 32.4 Å². The number of hydrogen-bond acceptors (Lipinski definition) is 5. The molecule has 0 unspecified atom stereocenters. The van der Waals surface area contributed by atoms with Crippen molar-refractivity contribution in [3.63, 3.8) is 0 Å². The minimum absolute atomic E-state index is 0.0982. The number of nitrogens with zero attached hydrogens (tertiary/aromatic N) is 4. The monoisotopic (exact) mass is 393 g/mol. The topological polar surface area (TPSA) is 95.5 Å². The molecule has 2 aliphatic rings. The van der Waals surface area contributed by atoms with Crippen molar-refractivity contribution < 1.29 is 26.4 Å². The number of sulfonamides is 1. The van der Waals surface area contributed by atoms with Gasteiger partial charge in [0, 0.05) is 25.7 Å². The van der Waals surface area contributed by atoms with Gasteiger partial charge in [-0.1, -0.05) is 0 Å². The molecule has 144 valence electrons. The molecule has 0 spiro atoms. The summed E-state index contributed by atoms with van der Waals surface area (Å²) in [5, 5.41) is 8.81. The van der Waals surface area contributed by atoms with E-state index in [1.807, 2.05) is 0 Å². The molecule has 2 fully saturated rings. The molecule has 1 aromatic heterocycles. The summed E-state index contributed by atoms with van der Waals surface area (Å²) in [6.07, 6.45) is -2.71. The molecule has 0 radical (unpaired) electrons. The van der Waals surface area contributed by atoms with Gasteiger partial charge in [-0.15, -0.1) is 10.2 Å². The minimum Gasteiger partial charge on any atom is -0.323 e. The second-order valence-corrected chi connectivity index (χ2v) is 8.30. The summed E-state index contributed by atoms with van der Waals surface area (Å²) in [6, 6.07) is 0.944. The lowest BCUT2D eigenvalue weighted by Crippen LogP contribution is -2.51. The minimum atomic E-state index is -4.60. The van der Waals surface area contributed by atoms with Crippen LogP contribution in [-0.4, -0.2) is 65.3 Å². The Morgan fingerprint density at radius 1 is 1.19 bits per heavy atom.